The minimum absolute atomic E-state index is 0.134. The molecule has 16 nitrogen and oxygen atoms in total. The summed E-state index contributed by atoms with van der Waals surface area (Å²) < 4.78 is 24.8. The summed E-state index contributed by atoms with van der Waals surface area (Å²) in [6, 6.07) is -3.02. The van der Waals surface area contributed by atoms with Crippen molar-refractivity contribution in [3.05, 3.63) is 0 Å². The van der Waals surface area contributed by atoms with Crippen LogP contribution in [0.4, 0.5) is 0 Å². The lowest BCUT2D eigenvalue weighted by Crippen LogP contribution is -2.54. The smallest absolute Gasteiger partial charge is 0.242 e. The van der Waals surface area contributed by atoms with Gasteiger partial charge in [0, 0.05) is 25.4 Å². The average molecular weight is 811 g/mol. The van der Waals surface area contributed by atoms with Crippen LogP contribution in [0.1, 0.15) is 106 Å². The van der Waals surface area contributed by atoms with Gasteiger partial charge in [0.15, 0.2) is 0 Å². The molecule has 2 saturated carbocycles. The van der Waals surface area contributed by atoms with Crippen LogP contribution in [0.15, 0.2) is 0 Å². The number of aliphatic hydroxyl groups excluding tert-OH is 2. The summed E-state index contributed by atoms with van der Waals surface area (Å²) in [5.41, 5.74) is 11.0. The normalized spacial score (nSPS) is 21.1. The van der Waals surface area contributed by atoms with E-state index in [-0.39, 0.29) is 61.4 Å². The number of carbonyl (C=O) groups is 4. The number of nitrogens with one attached hydrogen (secondary N) is 4. The number of carbonyl (C=O) groups excluding carboxylic acids is 4. The fourth-order valence-corrected chi connectivity index (χ4v) is 11.0. The van der Waals surface area contributed by atoms with Gasteiger partial charge >= 0.3 is 0 Å². The Balaban J connectivity index is 0.000000540. The van der Waals surface area contributed by atoms with Crippen LogP contribution in [0.5, 0.6) is 0 Å². The molecule has 0 bridgehead atoms. The first-order chi connectivity index (χ1) is 25.0. The molecule has 0 saturated heterocycles. The molecule has 0 spiro atoms. The second kappa shape index (κ2) is 24.7. The third-order valence-electron chi connectivity index (χ3n) is 9.87. The van der Waals surface area contributed by atoms with Crippen molar-refractivity contribution in [2.75, 3.05) is 37.7 Å². The first-order valence-corrected chi connectivity index (χ1v) is 23.7. The van der Waals surface area contributed by atoms with Gasteiger partial charge in [0.1, 0.15) is 12.1 Å². The van der Waals surface area contributed by atoms with Gasteiger partial charge in [-0.15, -0.1) is 0 Å². The molecule has 0 radical (unpaired) electrons. The Morgan fingerprint density at radius 2 is 0.870 bits per heavy atom. The lowest BCUT2D eigenvalue weighted by molar-refractivity contribution is -0.130. The summed E-state index contributed by atoms with van der Waals surface area (Å²) in [5, 5.41) is 30.5. The molecule has 0 aromatic carbocycles. The largest absolute Gasteiger partial charge is 0.391 e. The molecule has 316 valence electrons. The maximum Gasteiger partial charge on any atom is 0.242 e. The highest BCUT2D eigenvalue weighted by molar-refractivity contribution is 7.58. The van der Waals surface area contributed by atoms with Gasteiger partial charge in [-0.05, 0) is 63.2 Å². The van der Waals surface area contributed by atoms with Gasteiger partial charge in [-0.3, -0.25) is 28.3 Å². The molecule has 2 fully saturated rings. The van der Waals surface area contributed by atoms with Crippen molar-refractivity contribution >= 4 is 38.4 Å². The van der Waals surface area contributed by atoms with Crippen LogP contribution in [0.3, 0.4) is 0 Å². The molecular weight excluding hydrogens is 738 g/mol. The first-order valence-electron chi connectivity index (χ1n) is 19.7. The Labute approximate surface area is 322 Å². The zero-order chi connectivity index (χ0) is 41.2. The summed E-state index contributed by atoms with van der Waals surface area (Å²) >= 11 is 0. The molecule has 12 N–H and O–H groups in total. The van der Waals surface area contributed by atoms with Gasteiger partial charge in [-0.25, -0.2) is 0 Å². The van der Waals surface area contributed by atoms with Crippen molar-refractivity contribution in [2.45, 2.75) is 142 Å². The molecule has 2 aliphatic carbocycles. The monoisotopic (exact) mass is 810 g/mol. The number of amides is 4. The Hall–Kier alpha value is -1.90. The zero-order valence-corrected chi connectivity index (χ0v) is 35.2. The maximum atomic E-state index is 12.4. The molecule has 0 aromatic heterocycles. The van der Waals surface area contributed by atoms with Crippen LogP contribution in [0.25, 0.3) is 0 Å². The van der Waals surface area contributed by atoms with E-state index in [2.05, 4.69) is 21.3 Å². The Bertz CT molecular complexity index is 1160. The van der Waals surface area contributed by atoms with Crippen molar-refractivity contribution < 1.29 is 48.3 Å². The van der Waals surface area contributed by atoms with Crippen molar-refractivity contribution in [3.8, 4) is 0 Å². The number of hydrogen-bond acceptors (Lipinski definition) is 10. The van der Waals surface area contributed by atoms with E-state index in [0.717, 1.165) is 51.4 Å². The molecule has 2 rings (SSSR count). The number of aliphatic hydroxyl groups is 2. The Kier molecular flexibility index (Phi) is 22.9. The maximum absolute atomic E-state index is 12.4. The van der Waals surface area contributed by atoms with E-state index in [1.165, 1.54) is 26.7 Å². The quantitative estimate of drug-likeness (QED) is 0.0786. The van der Waals surface area contributed by atoms with E-state index < -0.39 is 74.7 Å². The lowest BCUT2D eigenvalue weighted by atomic mass is 9.91. The van der Waals surface area contributed by atoms with Crippen LogP contribution < -0.4 is 32.7 Å². The van der Waals surface area contributed by atoms with Crippen LogP contribution in [-0.4, -0.2) is 118 Å². The Morgan fingerprint density at radius 1 is 0.574 bits per heavy atom. The highest BCUT2D eigenvalue weighted by Crippen LogP contribution is 2.46. The van der Waals surface area contributed by atoms with E-state index in [1.54, 1.807) is 27.7 Å². The molecule has 0 heterocycles. The molecule has 2 aliphatic rings. The molecule has 54 heavy (non-hydrogen) atoms. The summed E-state index contributed by atoms with van der Waals surface area (Å²) in [7, 11) is -6.89. The summed E-state index contributed by atoms with van der Waals surface area (Å²) in [6.45, 7) is 9.93. The summed E-state index contributed by atoms with van der Waals surface area (Å²) in [6.07, 6.45) is 8.36. The van der Waals surface area contributed by atoms with E-state index >= 15 is 0 Å². The average Bonchev–Trinajstić information content (AvgIpc) is 3.07. The molecule has 18 heteroatoms. The van der Waals surface area contributed by atoms with Crippen LogP contribution in [0, 0.1) is 23.7 Å². The lowest BCUT2D eigenvalue weighted by Gasteiger charge is -2.26. The molecular formula is C36H72N6O10P2. The van der Waals surface area contributed by atoms with E-state index in [0.29, 0.717) is 0 Å². The molecule has 0 aliphatic heterocycles. The highest BCUT2D eigenvalue weighted by Gasteiger charge is 2.32. The predicted molar refractivity (Wildman–Crippen MR) is 211 cm³/mol. The Morgan fingerprint density at radius 3 is 1.13 bits per heavy atom. The van der Waals surface area contributed by atoms with Gasteiger partial charge in [-0.2, -0.15) is 0 Å². The molecule has 8 atom stereocenters. The third kappa shape index (κ3) is 20.9. The molecule has 4 amide bonds. The molecule has 0 aromatic rings. The minimum atomic E-state index is -3.44. The second-order valence-corrected chi connectivity index (χ2v) is 21.1. The number of nitrogens with two attached hydrogens (primary N) is 2. The fourth-order valence-electron chi connectivity index (χ4n) is 6.78. The van der Waals surface area contributed by atoms with Crippen molar-refractivity contribution in [2.24, 2.45) is 35.1 Å². The summed E-state index contributed by atoms with van der Waals surface area (Å²) in [5.74, 6) is -1.60. The number of rotatable bonds is 20. The van der Waals surface area contributed by atoms with Crippen LogP contribution in [0.2, 0.25) is 0 Å². The standard InChI is InChI=1S/2C18H36N3O5P/c2*1-12(2)16(21-17(23)13(3)19)18(24)20-9-15(22)11-27(25,26)10-14-7-5-4-6-8-14/h2*12-16,22H,4-11,19H2,1-3H3,(H,20,24)(H,21,23)(H,25,26)/t13-,15+,16+;13-,15+,16-/m00/s1. The third-order valence-corrected chi connectivity index (χ3v) is 14.0. The van der Waals surface area contributed by atoms with E-state index in [4.69, 9.17) is 11.5 Å². The SMILES string of the molecule is CC(C)[C@@H](NC(=O)[C@H](C)N)C(=O)NC[C@@H](O)CP(=O)(O)CC1CCCCC1.CC(C)[C@H](NC(=O)[C@H](C)N)C(=O)NC[C@@H](O)CP(=O)(O)CC1CCCCC1. The minimum Gasteiger partial charge on any atom is -0.391 e. The van der Waals surface area contributed by atoms with Gasteiger partial charge < -0.3 is 52.7 Å². The van der Waals surface area contributed by atoms with Crippen molar-refractivity contribution in [1.29, 1.82) is 0 Å². The predicted octanol–water partition coefficient (Wildman–Crippen LogP) is 1.60. The van der Waals surface area contributed by atoms with Gasteiger partial charge in [-0.1, -0.05) is 66.2 Å². The second-order valence-electron chi connectivity index (χ2n) is 16.3. The van der Waals surface area contributed by atoms with E-state index in [1.807, 2.05) is 0 Å². The summed E-state index contributed by atoms with van der Waals surface area (Å²) in [4.78, 5) is 68.5. The van der Waals surface area contributed by atoms with Gasteiger partial charge in [0.25, 0.3) is 0 Å². The first kappa shape index (κ1) is 50.1. The van der Waals surface area contributed by atoms with Crippen LogP contribution in [-0.2, 0) is 28.3 Å². The topological polar surface area (TPSA) is 284 Å². The van der Waals surface area contributed by atoms with E-state index in [9.17, 15) is 48.3 Å². The van der Waals surface area contributed by atoms with Gasteiger partial charge in [0.05, 0.1) is 36.6 Å². The van der Waals surface area contributed by atoms with Crippen LogP contribution >= 0.6 is 14.7 Å². The van der Waals surface area contributed by atoms with Crippen molar-refractivity contribution in [3.63, 3.8) is 0 Å². The fraction of sp³-hybridized carbons (Fsp3) is 0.889. The molecule has 2 unspecified atom stereocenters. The zero-order valence-electron chi connectivity index (χ0n) is 33.4. The van der Waals surface area contributed by atoms with Crippen molar-refractivity contribution in [1.82, 2.24) is 21.3 Å². The number of hydrogen-bond donors (Lipinski definition) is 10. The van der Waals surface area contributed by atoms with Gasteiger partial charge in [0.2, 0.25) is 38.4 Å². The highest BCUT2D eigenvalue weighted by atomic mass is 31.2.